The van der Waals surface area contributed by atoms with Crippen LogP contribution in [0, 0.1) is 10.7 Å². The fraction of sp³-hybridized carbons (Fsp3) is 0.286. The Morgan fingerprint density at radius 2 is 1.95 bits per heavy atom. The largest absolute Gasteiger partial charge is 0.300 e. The summed E-state index contributed by atoms with van der Waals surface area (Å²) < 4.78 is 2.67. The molecule has 3 rings (SSSR count). The quantitative estimate of drug-likeness (QED) is 0.751. The van der Waals surface area contributed by atoms with E-state index in [9.17, 15) is 0 Å². The van der Waals surface area contributed by atoms with Crippen LogP contribution < -0.4 is 0 Å². The lowest BCUT2D eigenvalue weighted by atomic mass is 10.1. The molecule has 0 aliphatic carbocycles. The van der Waals surface area contributed by atoms with Crippen LogP contribution in [0.3, 0.4) is 0 Å². The zero-order valence-electron chi connectivity index (χ0n) is 11.4. The molecule has 0 fully saturated rings. The highest BCUT2D eigenvalue weighted by molar-refractivity contribution is 7.71. The van der Waals surface area contributed by atoms with Gasteiger partial charge in [-0.25, -0.2) is 0 Å². The zero-order chi connectivity index (χ0) is 14.1. The molecule has 0 aliphatic rings. The third kappa shape index (κ3) is 2.34. The first kappa shape index (κ1) is 12.9. The van der Waals surface area contributed by atoms with Gasteiger partial charge in [0.15, 0.2) is 10.6 Å². The first-order valence-electron chi connectivity index (χ1n) is 6.51. The minimum atomic E-state index is 0.498. The van der Waals surface area contributed by atoms with Crippen LogP contribution in [0.1, 0.15) is 13.8 Å². The Bertz CT molecular complexity index is 802. The van der Waals surface area contributed by atoms with Gasteiger partial charge in [-0.3, -0.25) is 19.6 Å². The summed E-state index contributed by atoms with van der Waals surface area (Å²) in [4.78, 5) is 8.60. The second-order valence-corrected chi connectivity index (χ2v) is 5.50. The summed E-state index contributed by atoms with van der Waals surface area (Å²) in [6.45, 7) is 5.15. The molecule has 3 aromatic rings. The van der Waals surface area contributed by atoms with Crippen molar-refractivity contribution in [1.82, 2.24) is 24.7 Å². The fourth-order valence-electron chi connectivity index (χ4n) is 2.17. The number of H-pyrrole nitrogens is 1. The molecule has 1 aromatic carbocycles. The molecular formula is C14H15N5S. The molecule has 0 radical (unpaired) electrons. The van der Waals surface area contributed by atoms with E-state index in [4.69, 9.17) is 12.2 Å². The minimum Gasteiger partial charge on any atom is -0.300 e. The molecule has 6 heteroatoms. The molecule has 2 aromatic heterocycles. The number of nitrogens with one attached hydrogen (secondary N) is 1. The Morgan fingerprint density at radius 3 is 2.70 bits per heavy atom. The summed E-state index contributed by atoms with van der Waals surface area (Å²) in [6, 6.07) is 5.94. The third-order valence-corrected chi connectivity index (χ3v) is 3.35. The number of benzene rings is 1. The van der Waals surface area contributed by atoms with Crippen LogP contribution >= 0.6 is 12.2 Å². The second kappa shape index (κ2) is 5.13. The molecule has 2 heterocycles. The number of nitrogens with zero attached hydrogens (tertiary/aromatic N) is 4. The molecule has 0 saturated heterocycles. The molecule has 1 N–H and O–H groups in total. The maximum atomic E-state index is 5.30. The van der Waals surface area contributed by atoms with Crippen LogP contribution in [0.25, 0.3) is 22.4 Å². The lowest BCUT2D eigenvalue weighted by Gasteiger charge is -2.09. The summed E-state index contributed by atoms with van der Waals surface area (Å²) >= 11 is 5.30. The Balaban J connectivity index is 2.13. The maximum Gasteiger partial charge on any atom is 0.195 e. The first-order valence-corrected chi connectivity index (χ1v) is 6.92. The van der Waals surface area contributed by atoms with Gasteiger partial charge in [-0.2, -0.15) is 5.10 Å². The number of fused-ring (bicyclic) bond motifs is 1. The molecule has 20 heavy (non-hydrogen) atoms. The monoisotopic (exact) mass is 285 g/mol. The van der Waals surface area contributed by atoms with E-state index in [1.54, 1.807) is 12.4 Å². The predicted octanol–water partition coefficient (Wildman–Crippen LogP) is 3.21. The van der Waals surface area contributed by atoms with Gasteiger partial charge in [-0.1, -0.05) is 13.8 Å². The zero-order valence-corrected chi connectivity index (χ0v) is 12.2. The number of hydrogen-bond acceptors (Lipinski definition) is 4. The maximum absolute atomic E-state index is 5.30. The van der Waals surface area contributed by atoms with E-state index in [2.05, 4.69) is 34.0 Å². The number of rotatable bonds is 3. The molecule has 5 nitrogen and oxygen atoms in total. The number of hydrogen-bond donors (Lipinski definition) is 1. The summed E-state index contributed by atoms with van der Waals surface area (Å²) in [5.74, 6) is 1.34. The SMILES string of the molecule is CC(C)Cn1c(-c2ccc3nccnc3c2)n[nH]c1=S. The van der Waals surface area contributed by atoms with Crippen molar-refractivity contribution < 1.29 is 0 Å². The highest BCUT2D eigenvalue weighted by atomic mass is 32.1. The van der Waals surface area contributed by atoms with Gasteiger partial charge in [0, 0.05) is 24.5 Å². The molecule has 0 atom stereocenters. The van der Waals surface area contributed by atoms with Gasteiger partial charge in [-0.05, 0) is 36.3 Å². The fourth-order valence-corrected chi connectivity index (χ4v) is 2.38. The summed E-state index contributed by atoms with van der Waals surface area (Å²) in [5.41, 5.74) is 2.72. The average molecular weight is 285 g/mol. The first-order chi connectivity index (χ1) is 9.65. The Kier molecular flexibility index (Phi) is 3.31. The second-order valence-electron chi connectivity index (χ2n) is 5.12. The normalized spacial score (nSPS) is 11.3. The molecule has 0 spiro atoms. The predicted molar refractivity (Wildman–Crippen MR) is 80.8 cm³/mol. The lowest BCUT2D eigenvalue weighted by Crippen LogP contribution is -2.06. The lowest BCUT2D eigenvalue weighted by molar-refractivity contribution is 0.521. The van der Waals surface area contributed by atoms with Crippen LogP contribution in [-0.2, 0) is 6.54 Å². The molecule has 0 saturated carbocycles. The van der Waals surface area contributed by atoms with Crippen molar-refractivity contribution in [2.24, 2.45) is 5.92 Å². The van der Waals surface area contributed by atoms with Crippen LogP contribution in [0.15, 0.2) is 30.6 Å². The van der Waals surface area contributed by atoms with Crippen LogP contribution in [0.4, 0.5) is 0 Å². The van der Waals surface area contributed by atoms with Crippen molar-refractivity contribution in [3.8, 4) is 11.4 Å². The van der Waals surface area contributed by atoms with Gasteiger partial charge < -0.3 is 0 Å². The van der Waals surface area contributed by atoms with Crippen molar-refractivity contribution in [3.63, 3.8) is 0 Å². The molecule has 0 amide bonds. The number of aromatic nitrogens is 5. The standard InChI is InChI=1S/C14H15N5S/c1-9(2)8-19-13(17-18-14(19)20)10-3-4-11-12(7-10)16-6-5-15-11/h3-7,9H,8H2,1-2H3,(H,18,20). The highest BCUT2D eigenvalue weighted by Crippen LogP contribution is 2.21. The Hall–Kier alpha value is -2.08. The molecule has 0 aliphatic heterocycles. The van der Waals surface area contributed by atoms with E-state index in [1.165, 1.54) is 0 Å². The Labute approximate surface area is 121 Å². The van der Waals surface area contributed by atoms with E-state index in [-0.39, 0.29) is 0 Å². The summed E-state index contributed by atoms with van der Waals surface area (Å²) in [6.07, 6.45) is 3.38. The van der Waals surface area contributed by atoms with Crippen LogP contribution in [0.2, 0.25) is 0 Å². The summed E-state index contributed by atoms with van der Waals surface area (Å²) in [5, 5.41) is 7.21. The number of aromatic amines is 1. The minimum absolute atomic E-state index is 0.498. The van der Waals surface area contributed by atoms with E-state index in [1.807, 2.05) is 22.8 Å². The van der Waals surface area contributed by atoms with Crippen molar-refractivity contribution >= 4 is 23.3 Å². The third-order valence-electron chi connectivity index (χ3n) is 3.03. The van der Waals surface area contributed by atoms with Crippen LogP contribution in [-0.4, -0.2) is 24.7 Å². The van der Waals surface area contributed by atoms with E-state index in [0.717, 1.165) is 29.0 Å². The van der Waals surface area contributed by atoms with Crippen molar-refractivity contribution in [3.05, 3.63) is 35.4 Å². The smallest absolute Gasteiger partial charge is 0.195 e. The van der Waals surface area contributed by atoms with Crippen molar-refractivity contribution in [1.29, 1.82) is 0 Å². The van der Waals surface area contributed by atoms with Gasteiger partial charge in [-0.15, -0.1) is 0 Å². The molecular weight excluding hydrogens is 270 g/mol. The molecule has 0 unspecified atom stereocenters. The van der Waals surface area contributed by atoms with Crippen molar-refractivity contribution in [2.45, 2.75) is 20.4 Å². The highest BCUT2D eigenvalue weighted by Gasteiger charge is 2.11. The molecule has 102 valence electrons. The van der Waals surface area contributed by atoms with Gasteiger partial charge in [0.25, 0.3) is 0 Å². The van der Waals surface area contributed by atoms with E-state index < -0.39 is 0 Å². The van der Waals surface area contributed by atoms with Gasteiger partial charge in [0.1, 0.15) is 0 Å². The van der Waals surface area contributed by atoms with Gasteiger partial charge >= 0.3 is 0 Å². The van der Waals surface area contributed by atoms with E-state index in [0.29, 0.717) is 10.7 Å². The van der Waals surface area contributed by atoms with E-state index >= 15 is 0 Å². The molecule has 0 bridgehead atoms. The van der Waals surface area contributed by atoms with Gasteiger partial charge in [0.05, 0.1) is 11.0 Å². The van der Waals surface area contributed by atoms with Crippen LogP contribution in [0.5, 0.6) is 0 Å². The topological polar surface area (TPSA) is 59.4 Å². The average Bonchev–Trinajstić information content (AvgIpc) is 2.79. The van der Waals surface area contributed by atoms with Gasteiger partial charge in [0.2, 0.25) is 0 Å². The summed E-state index contributed by atoms with van der Waals surface area (Å²) in [7, 11) is 0. The van der Waals surface area contributed by atoms with Crippen molar-refractivity contribution in [2.75, 3.05) is 0 Å². The Morgan fingerprint density at radius 1 is 1.20 bits per heavy atom.